The molecule has 0 aliphatic carbocycles. The van der Waals surface area contributed by atoms with E-state index in [0.29, 0.717) is 11.5 Å². The van der Waals surface area contributed by atoms with Gasteiger partial charge in [-0.3, -0.25) is 4.90 Å². The van der Waals surface area contributed by atoms with Crippen molar-refractivity contribution < 1.29 is 8.78 Å². The first-order valence-electron chi connectivity index (χ1n) is 6.93. The first-order valence-corrected chi connectivity index (χ1v) is 6.93. The fraction of sp³-hybridized carbons (Fsp3) is 0.600. The molecule has 1 aromatic rings. The highest BCUT2D eigenvalue weighted by atomic mass is 19.1. The first-order chi connectivity index (χ1) is 8.99. The Bertz CT molecular complexity index is 434. The highest BCUT2D eigenvalue weighted by Crippen LogP contribution is 2.32. The van der Waals surface area contributed by atoms with Gasteiger partial charge in [0, 0.05) is 18.2 Å². The summed E-state index contributed by atoms with van der Waals surface area (Å²) in [6.07, 6.45) is 1.87. The number of benzene rings is 1. The minimum atomic E-state index is -0.404. The molecule has 1 aliphatic heterocycles. The third-order valence-electron chi connectivity index (χ3n) is 3.66. The zero-order valence-corrected chi connectivity index (χ0v) is 11.6. The molecule has 1 aliphatic rings. The molecule has 0 bridgehead atoms. The molecule has 19 heavy (non-hydrogen) atoms. The maximum atomic E-state index is 14.0. The van der Waals surface area contributed by atoms with Gasteiger partial charge in [0.25, 0.3) is 0 Å². The lowest BCUT2D eigenvalue weighted by molar-refractivity contribution is 0.111. The SMILES string of the molecule is CC(C)CN1CCCC(N)C1c1cc(F)ccc1F. The molecule has 0 amide bonds. The van der Waals surface area contributed by atoms with Crippen molar-refractivity contribution in [3.8, 4) is 0 Å². The number of nitrogens with zero attached hydrogens (tertiary/aromatic N) is 1. The Hall–Kier alpha value is -1.00. The quantitative estimate of drug-likeness (QED) is 0.912. The topological polar surface area (TPSA) is 29.3 Å². The Kier molecular flexibility index (Phi) is 4.53. The lowest BCUT2D eigenvalue weighted by Crippen LogP contribution is -2.47. The summed E-state index contributed by atoms with van der Waals surface area (Å²) in [4.78, 5) is 2.19. The van der Waals surface area contributed by atoms with E-state index in [1.807, 2.05) is 0 Å². The first kappa shape index (κ1) is 14.4. The molecule has 2 rings (SSSR count). The second-order valence-corrected chi connectivity index (χ2v) is 5.81. The van der Waals surface area contributed by atoms with Crippen LogP contribution in [0.3, 0.4) is 0 Å². The van der Waals surface area contributed by atoms with E-state index in [1.54, 1.807) is 0 Å². The number of hydrogen-bond acceptors (Lipinski definition) is 2. The van der Waals surface area contributed by atoms with Gasteiger partial charge in [-0.1, -0.05) is 13.8 Å². The summed E-state index contributed by atoms with van der Waals surface area (Å²) in [6.45, 7) is 6.00. The molecule has 1 aromatic carbocycles. The minimum Gasteiger partial charge on any atom is -0.326 e. The Morgan fingerprint density at radius 2 is 2.11 bits per heavy atom. The van der Waals surface area contributed by atoms with E-state index < -0.39 is 5.82 Å². The molecular weight excluding hydrogens is 246 g/mol. The van der Waals surface area contributed by atoms with Crippen molar-refractivity contribution in [3.05, 3.63) is 35.4 Å². The third-order valence-corrected chi connectivity index (χ3v) is 3.66. The van der Waals surface area contributed by atoms with Gasteiger partial charge in [0.15, 0.2) is 0 Å². The summed E-state index contributed by atoms with van der Waals surface area (Å²) in [5.41, 5.74) is 6.56. The molecule has 0 saturated carbocycles. The Labute approximate surface area is 113 Å². The lowest BCUT2D eigenvalue weighted by atomic mass is 9.90. The van der Waals surface area contributed by atoms with Crippen molar-refractivity contribution in [3.63, 3.8) is 0 Å². The zero-order chi connectivity index (χ0) is 14.0. The second kappa shape index (κ2) is 5.97. The van der Waals surface area contributed by atoms with Crippen molar-refractivity contribution in [2.75, 3.05) is 13.1 Å². The number of rotatable bonds is 3. The van der Waals surface area contributed by atoms with E-state index in [1.165, 1.54) is 12.1 Å². The van der Waals surface area contributed by atoms with Crippen molar-refractivity contribution in [2.24, 2.45) is 11.7 Å². The van der Waals surface area contributed by atoms with Crippen LogP contribution in [0, 0.1) is 17.6 Å². The third kappa shape index (κ3) is 3.31. The van der Waals surface area contributed by atoms with Crippen molar-refractivity contribution in [1.29, 1.82) is 0 Å². The van der Waals surface area contributed by atoms with E-state index in [9.17, 15) is 8.78 Å². The largest absolute Gasteiger partial charge is 0.326 e. The lowest BCUT2D eigenvalue weighted by Gasteiger charge is -2.41. The fourth-order valence-electron chi connectivity index (χ4n) is 2.94. The maximum absolute atomic E-state index is 14.0. The van der Waals surface area contributed by atoms with E-state index in [0.717, 1.165) is 32.0 Å². The number of piperidine rings is 1. The molecule has 0 radical (unpaired) electrons. The predicted molar refractivity (Wildman–Crippen MR) is 72.7 cm³/mol. The molecule has 2 atom stereocenters. The summed E-state index contributed by atoms with van der Waals surface area (Å²) in [7, 11) is 0. The van der Waals surface area contributed by atoms with Gasteiger partial charge in [-0.05, 0) is 43.5 Å². The van der Waals surface area contributed by atoms with Crippen molar-refractivity contribution >= 4 is 0 Å². The van der Waals surface area contributed by atoms with E-state index in [-0.39, 0.29) is 17.9 Å². The van der Waals surface area contributed by atoms with Gasteiger partial charge in [0.05, 0.1) is 6.04 Å². The normalized spacial score (nSPS) is 24.9. The molecule has 1 saturated heterocycles. The maximum Gasteiger partial charge on any atom is 0.128 e. The van der Waals surface area contributed by atoms with Crippen LogP contribution in [0.25, 0.3) is 0 Å². The van der Waals surface area contributed by atoms with E-state index in [2.05, 4.69) is 18.7 Å². The molecule has 1 heterocycles. The summed E-state index contributed by atoms with van der Waals surface area (Å²) in [5, 5.41) is 0. The molecule has 106 valence electrons. The van der Waals surface area contributed by atoms with Crippen LogP contribution in [0.2, 0.25) is 0 Å². The van der Waals surface area contributed by atoms with Crippen LogP contribution in [0.5, 0.6) is 0 Å². The van der Waals surface area contributed by atoms with Gasteiger partial charge in [0.1, 0.15) is 11.6 Å². The standard InChI is InChI=1S/C15H22F2N2/c1-10(2)9-19-7-3-4-14(18)15(19)12-8-11(16)5-6-13(12)17/h5-6,8,10,14-15H,3-4,7,9,18H2,1-2H3. The van der Waals surface area contributed by atoms with Crippen molar-refractivity contribution in [1.82, 2.24) is 4.90 Å². The molecule has 0 aromatic heterocycles. The van der Waals surface area contributed by atoms with Gasteiger partial charge in [0.2, 0.25) is 0 Å². The van der Waals surface area contributed by atoms with Crippen LogP contribution < -0.4 is 5.73 Å². The average Bonchev–Trinajstić information content (AvgIpc) is 2.32. The summed E-state index contributed by atoms with van der Waals surface area (Å²) in [6, 6.07) is 3.29. The zero-order valence-electron chi connectivity index (χ0n) is 11.6. The molecule has 4 heteroatoms. The van der Waals surface area contributed by atoms with Gasteiger partial charge >= 0.3 is 0 Å². The van der Waals surface area contributed by atoms with Crippen LogP contribution in [0.4, 0.5) is 8.78 Å². The second-order valence-electron chi connectivity index (χ2n) is 5.81. The van der Waals surface area contributed by atoms with Crippen LogP contribution in [0.1, 0.15) is 38.3 Å². The number of hydrogen-bond donors (Lipinski definition) is 1. The molecule has 2 unspecified atom stereocenters. The van der Waals surface area contributed by atoms with Crippen molar-refractivity contribution in [2.45, 2.75) is 38.8 Å². The molecule has 1 fully saturated rings. The van der Waals surface area contributed by atoms with E-state index >= 15 is 0 Å². The number of likely N-dealkylation sites (tertiary alicyclic amines) is 1. The van der Waals surface area contributed by atoms with Gasteiger partial charge in [-0.25, -0.2) is 8.78 Å². The molecular formula is C15H22F2N2. The Morgan fingerprint density at radius 3 is 2.79 bits per heavy atom. The summed E-state index contributed by atoms with van der Waals surface area (Å²) < 4.78 is 27.4. The number of nitrogens with two attached hydrogens (primary N) is 1. The minimum absolute atomic E-state index is 0.135. The summed E-state index contributed by atoms with van der Waals surface area (Å²) >= 11 is 0. The van der Waals surface area contributed by atoms with Crippen LogP contribution in [-0.2, 0) is 0 Å². The smallest absolute Gasteiger partial charge is 0.128 e. The monoisotopic (exact) mass is 268 g/mol. The van der Waals surface area contributed by atoms with E-state index in [4.69, 9.17) is 5.73 Å². The predicted octanol–water partition coefficient (Wildman–Crippen LogP) is 3.09. The molecule has 0 spiro atoms. The van der Waals surface area contributed by atoms with Gasteiger partial charge in [-0.15, -0.1) is 0 Å². The molecule has 2 N–H and O–H groups in total. The Balaban J connectivity index is 2.33. The average molecular weight is 268 g/mol. The van der Waals surface area contributed by atoms with Gasteiger partial charge in [-0.2, -0.15) is 0 Å². The fourth-order valence-corrected chi connectivity index (χ4v) is 2.94. The number of halogens is 2. The Morgan fingerprint density at radius 1 is 1.37 bits per heavy atom. The van der Waals surface area contributed by atoms with Crippen LogP contribution >= 0.6 is 0 Å². The summed E-state index contributed by atoms with van der Waals surface area (Å²) in [5.74, 6) is -0.291. The van der Waals surface area contributed by atoms with Crippen LogP contribution in [-0.4, -0.2) is 24.0 Å². The van der Waals surface area contributed by atoms with Crippen LogP contribution in [0.15, 0.2) is 18.2 Å². The highest BCUT2D eigenvalue weighted by molar-refractivity contribution is 5.24. The highest BCUT2D eigenvalue weighted by Gasteiger charge is 2.32. The molecule has 2 nitrogen and oxygen atoms in total. The van der Waals surface area contributed by atoms with Gasteiger partial charge < -0.3 is 5.73 Å².